The van der Waals surface area contributed by atoms with Gasteiger partial charge in [-0.05, 0) is 19.1 Å². The minimum atomic E-state index is -0.477. The first kappa shape index (κ1) is 17.9. The molecule has 0 saturated carbocycles. The number of rotatable bonds is 6. The summed E-state index contributed by atoms with van der Waals surface area (Å²) in [6, 6.07) is 15.2. The molecule has 1 aromatic heterocycles. The minimum Gasteiger partial charge on any atom is -0.295 e. The van der Waals surface area contributed by atoms with Gasteiger partial charge in [0.05, 0.1) is 28.1 Å². The third-order valence-electron chi connectivity index (χ3n) is 3.93. The van der Waals surface area contributed by atoms with Crippen molar-refractivity contribution >= 4 is 17.6 Å². The van der Waals surface area contributed by atoms with Gasteiger partial charge in [0.25, 0.3) is 11.2 Å². The lowest BCUT2D eigenvalue weighted by Crippen LogP contribution is -2.17. The van der Waals surface area contributed by atoms with E-state index < -0.39 is 4.92 Å². The zero-order valence-corrected chi connectivity index (χ0v) is 14.5. The molecule has 0 atom stereocenters. The molecule has 0 radical (unpaired) electrons. The normalized spacial score (nSPS) is 10.9. The zero-order valence-electron chi connectivity index (χ0n) is 14.5. The molecule has 8 nitrogen and oxygen atoms in total. The van der Waals surface area contributed by atoms with Crippen LogP contribution in [-0.2, 0) is 0 Å². The number of hydrogen-bond donors (Lipinski definition) is 2. The lowest BCUT2D eigenvalue weighted by atomic mass is 10.1. The Labute approximate surface area is 154 Å². The molecule has 3 rings (SSSR count). The maximum absolute atomic E-state index is 12.6. The van der Waals surface area contributed by atoms with Crippen LogP contribution in [0.25, 0.3) is 11.4 Å². The molecule has 0 unspecified atom stereocenters. The number of aromatic nitrogens is 2. The second-order valence-corrected chi connectivity index (χ2v) is 5.78. The van der Waals surface area contributed by atoms with Crippen molar-refractivity contribution in [2.45, 2.75) is 6.92 Å². The van der Waals surface area contributed by atoms with Crippen molar-refractivity contribution in [3.63, 3.8) is 0 Å². The van der Waals surface area contributed by atoms with E-state index in [4.69, 9.17) is 0 Å². The molecule has 8 heteroatoms. The number of aryl methyl sites for hydroxylation is 1. The van der Waals surface area contributed by atoms with E-state index in [0.29, 0.717) is 22.5 Å². The highest BCUT2D eigenvalue weighted by Crippen LogP contribution is 2.17. The van der Waals surface area contributed by atoms with Crippen molar-refractivity contribution in [3.05, 3.63) is 98.5 Å². The second kappa shape index (κ2) is 7.52. The third kappa shape index (κ3) is 3.84. The van der Waals surface area contributed by atoms with E-state index in [9.17, 15) is 14.9 Å². The van der Waals surface area contributed by atoms with Gasteiger partial charge in [-0.15, -0.1) is 0 Å². The topological polar surface area (TPSA) is 105 Å². The first-order valence-corrected chi connectivity index (χ1v) is 8.07. The van der Waals surface area contributed by atoms with Gasteiger partial charge >= 0.3 is 0 Å². The van der Waals surface area contributed by atoms with Crippen LogP contribution in [0.4, 0.5) is 5.69 Å². The number of nitrogens with one attached hydrogen (secondary N) is 2. The van der Waals surface area contributed by atoms with Crippen molar-refractivity contribution in [1.29, 1.82) is 0 Å². The molecular weight excluding hydrogens is 346 g/mol. The predicted octanol–water partition coefficient (Wildman–Crippen LogP) is 2.98. The standard InChI is InChI=1S/C19H17N5O3/c1-13(15-7-6-10-17(11-15)24(26)27)21-20-12-18-14(2)22-23(19(18)25)16-8-4-3-5-9-16/h3-12,21-22H,1H2,2H3. The molecule has 0 spiro atoms. The molecule has 0 aliphatic carbocycles. The number of H-pyrrole nitrogens is 1. The van der Waals surface area contributed by atoms with Gasteiger partial charge in [-0.1, -0.05) is 36.9 Å². The first-order valence-electron chi connectivity index (χ1n) is 8.07. The Hall–Kier alpha value is -3.94. The van der Waals surface area contributed by atoms with Crippen LogP contribution in [0.2, 0.25) is 0 Å². The first-order chi connectivity index (χ1) is 13.0. The van der Waals surface area contributed by atoms with Crippen molar-refractivity contribution in [2.24, 2.45) is 5.10 Å². The molecule has 0 amide bonds. The summed E-state index contributed by atoms with van der Waals surface area (Å²) in [7, 11) is 0. The SMILES string of the molecule is C=C(NN=Cc1c(C)[nH]n(-c2ccccc2)c1=O)c1cccc([N+](=O)[O-])c1. The molecule has 0 aliphatic heterocycles. The number of nitro benzene ring substituents is 1. The number of benzene rings is 2. The molecular formula is C19H17N5O3. The summed E-state index contributed by atoms with van der Waals surface area (Å²) >= 11 is 0. The molecule has 27 heavy (non-hydrogen) atoms. The molecule has 136 valence electrons. The fraction of sp³-hybridized carbons (Fsp3) is 0.0526. The summed E-state index contributed by atoms with van der Waals surface area (Å²) in [5.41, 5.74) is 5.14. The van der Waals surface area contributed by atoms with Crippen LogP contribution in [-0.4, -0.2) is 20.9 Å². The Morgan fingerprint density at radius 2 is 2.00 bits per heavy atom. The van der Waals surface area contributed by atoms with Crippen LogP contribution in [0.5, 0.6) is 0 Å². The smallest absolute Gasteiger partial charge is 0.280 e. The van der Waals surface area contributed by atoms with Crippen LogP contribution < -0.4 is 11.0 Å². The summed E-state index contributed by atoms with van der Waals surface area (Å²) in [6.07, 6.45) is 1.40. The van der Waals surface area contributed by atoms with Crippen molar-refractivity contribution < 1.29 is 4.92 Å². The Morgan fingerprint density at radius 3 is 2.70 bits per heavy atom. The quantitative estimate of drug-likeness (QED) is 0.399. The van der Waals surface area contributed by atoms with Gasteiger partial charge in [0.2, 0.25) is 0 Å². The molecule has 3 aromatic rings. The van der Waals surface area contributed by atoms with Crippen LogP contribution in [0.15, 0.2) is 71.1 Å². The lowest BCUT2D eigenvalue weighted by Gasteiger charge is -2.04. The summed E-state index contributed by atoms with van der Waals surface area (Å²) in [4.78, 5) is 22.9. The van der Waals surface area contributed by atoms with Gasteiger partial charge in [0, 0.05) is 23.4 Å². The summed E-state index contributed by atoms with van der Waals surface area (Å²) in [5, 5.41) is 17.9. The van der Waals surface area contributed by atoms with E-state index in [1.165, 1.54) is 23.0 Å². The van der Waals surface area contributed by atoms with Gasteiger partial charge < -0.3 is 0 Å². The number of hydrogen-bond acceptors (Lipinski definition) is 5. The maximum atomic E-state index is 12.6. The largest absolute Gasteiger partial charge is 0.295 e. The lowest BCUT2D eigenvalue weighted by molar-refractivity contribution is -0.384. The summed E-state index contributed by atoms with van der Waals surface area (Å²) in [5.74, 6) is 0. The fourth-order valence-corrected chi connectivity index (χ4v) is 2.52. The number of non-ortho nitro benzene ring substituents is 1. The Bertz CT molecular complexity index is 1080. The zero-order chi connectivity index (χ0) is 19.4. The second-order valence-electron chi connectivity index (χ2n) is 5.78. The number of nitrogens with zero attached hydrogens (tertiary/aromatic N) is 3. The molecule has 1 heterocycles. The fourth-order valence-electron chi connectivity index (χ4n) is 2.52. The highest BCUT2D eigenvalue weighted by atomic mass is 16.6. The summed E-state index contributed by atoms with van der Waals surface area (Å²) in [6.45, 7) is 5.59. The van der Waals surface area contributed by atoms with E-state index in [0.717, 1.165) is 5.69 Å². The van der Waals surface area contributed by atoms with Gasteiger partial charge in [0.1, 0.15) is 0 Å². The van der Waals surface area contributed by atoms with Gasteiger partial charge in [-0.25, -0.2) is 4.68 Å². The number of para-hydroxylation sites is 1. The van der Waals surface area contributed by atoms with E-state index >= 15 is 0 Å². The van der Waals surface area contributed by atoms with Crippen LogP contribution in [0.3, 0.4) is 0 Å². The highest BCUT2D eigenvalue weighted by Gasteiger charge is 2.11. The van der Waals surface area contributed by atoms with Crippen LogP contribution in [0.1, 0.15) is 16.8 Å². The van der Waals surface area contributed by atoms with E-state index in [1.54, 1.807) is 19.1 Å². The molecule has 2 N–H and O–H groups in total. The molecule has 0 fully saturated rings. The van der Waals surface area contributed by atoms with E-state index in [1.807, 2.05) is 30.3 Å². The number of hydrazone groups is 1. The Kier molecular flexibility index (Phi) is 4.98. The van der Waals surface area contributed by atoms with Crippen LogP contribution in [0, 0.1) is 17.0 Å². The van der Waals surface area contributed by atoms with Crippen LogP contribution >= 0.6 is 0 Å². The molecule has 0 bridgehead atoms. The average molecular weight is 363 g/mol. The van der Waals surface area contributed by atoms with Crippen molar-refractivity contribution in [1.82, 2.24) is 15.2 Å². The minimum absolute atomic E-state index is 0.0355. The highest BCUT2D eigenvalue weighted by molar-refractivity contribution is 5.81. The average Bonchev–Trinajstić information content (AvgIpc) is 2.97. The van der Waals surface area contributed by atoms with E-state index in [-0.39, 0.29) is 11.2 Å². The Balaban J connectivity index is 1.78. The molecule has 2 aromatic carbocycles. The Morgan fingerprint density at radius 1 is 1.26 bits per heavy atom. The predicted molar refractivity (Wildman–Crippen MR) is 104 cm³/mol. The van der Waals surface area contributed by atoms with Gasteiger partial charge in [-0.2, -0.15) is 5.10 Å². The number of nitro groups is 1. The maximum Gasteiger partial charge on any atom is 0.280 e. The third-order valence-corrected chi connectivity index (χ3v) is 3.93. The summed E-state index contributed by atoms with van der Waals surface area (Å²) < 4.78 is 1.44. The molecule has 0 saturated heterocycles. The van der Waals surface area contributed by atoms with Crippen molar-refractivity contribution in [2.75, 3.05) is 0 Å². The number of aromatic amines is 1. The molecule has 0 aliphatic rings. The monoisotopic (exact) mass is 363 g/mol. The van der Waals surface area contributed by atoms with Gasteiger partial charge in [-0.3, -0.25) is 25.4 Å². The van der Waals surface area contributed by atoms with E-state index in [2.05, 4.69) is 22.2 Å². The van der Waals surface area contributed by atoms with Crippen molar-refractivity contribution in [3.8, 4) is 5.69 Å². The van der Waals surface area contributed by atoms with Gasteiger partial charge in [0.15, 0.2) is 0 Å².